The molecule has 0 atom stereocenters. The molecule has 1 N–H and O–H groups in total. The molecule has 0 unspecified atom stereocenters. The zero-order valence-corrected chi connectivity index (χ0v) is 19.8. The summed E-state index contributed by atoms with van der Waals surface area (Å²) in [4.78, 5) is 12.6. The Morgan fingerprint density at radius 3 is 2.46 bits per heavy atom. The molecule has 1 amide bonds. The SMILES string of the molecule is C=CCc1cc(/C=C(\C#N)C(=O)Nc2ccc(F)cc2)cc(OCC)c1OCc1ccc(C)cc1. The fourth-order valence-corrected chi connectivity index (χ4v) is 3.39. The number of nitrogens with zero attached hydrogens (tertiary/aromatic N) is 1. The van der Waals surface area contributed by atoms with E-state index in [-0.39, 0.29) is 5.57 Å². The van der Waals surface area contributed by atoms with Gasteiger partial charge in [-0.25, -0.2) is 4.39 Å². The number of amides is 1. The van der Waals surface area contributed by atoms with E-state index in [0.29, 0.717) is 42.4 Å². The molecule has 0 heterocycles. The van der Waals surface area contributed by atoms with Crippen LogP contribution in [-0.4, -0.2) is 12.5 Å². The van der Waals surface area contributed by atoms with E-state index < -0.39 is 11.7 Å². The first-order valence-electron chi connectivity index (χ1n) is 11.2. The zero-order chi connectivity index (χ0) is 25.2. The predicted octanol–water partition coefficient (Wildman–Crippen LogP) is 6.39. The molecule has 35 heavy (non-hydrogen) atoms. The number of nitriles is 1. The number of rotatable bonds is 10. The van der Waals surface area contributed by atoms with Crippen molar-refractivity contribution < 1.29 is 18.7 Å². The van der Waals surface area contributed by atoms with Crippen LogP contribution in [0.3, 0.4) is 0 Å². The van der Waals surface area contributed by atoms with Crippen molar-refractivity contribution in [3.8, 4) is 17.6 Å². The third kappa shape index (κ3) is 7.05. The van der Waals surface area contributed by atoms with Crippen LogP contribution in [0, 0.1) is 24.1 Å². The molecule has 0 bridgehead atoms. The summed E-state index contributed by atoms with van der Waals surface area (Å²) < 4.78 is 25.1. The Morgan fingerprint density at radius 2 is 1.83 bits per heavy atom. The first-order valence-corrected chi connectivity index (χ1v) is 11.2. The lowest BCUT2D eigenvalue weighted by Crippen LogP contribution is -2.13. The smallest absolute Gasteiger partial charge is 0.266 e. The van der Waals surface area contributed by atoms with Crippen molar-refractivity contribution in [1.29, 1.82) is 5.26 Å². The van der Waals surface area contributed by atoms with Crippen molar-refractivity contribution in [3.05, 3.63) is 107 Å². The molecule has 3 rings (SSSR count). The summed E-state index contributed by atoms with van der Waals surface area (Å²) >= 11 is 0. The van der Waals surface area contributed by atoms with Crippen LogP contribution in [0.25, 0.3) is 6.08 Å². The minimum atomic E-state index is -0.595. The Balaban J connectivity index is 1.91. The third-order valence-electron chi connectivity index (χ3n) is 5.10. The molecule has 0 aliphatic rings. The Hall–Kier alpha value is -4.37. The summed E-state index contributed by atoms with van der Waals surface area (Å²) in [5.41, 5.74) is 3.91. The van der Waals surface area contributed by atoms with Crippen LogP contribution >= 0.6 is 0 Å². The van der Waals surface area contributed by atoms with E-state index in [1.807, 2.05) is 50.2 Å². The second-order valence-electron chi connectivity index (χ2n) is 7.84. The number of hydrogen-bond donors (Lipinski definition) is 1. The summed E-state index contributed by atoms with van der Waals surface area (Å²) in [6, 6.07) is 18.9. The first-order chi connectivity index (χ1) is 16.9. The summed E-state index contributed by atoms with van der Waals surface area (Å²) in [6.07, 6.45) is 3.75. The highest BCUT2D eigenvalue weighted by Crippen LogP contribution is 2.35. The largest absolute Gasteiger partial charge is 0.490 e. The molecule has 5 nitrogen and oxygen atoms in total. The van der Waals surface area contributed by atoms with Gasteiger partial charge in [0.25, 0.3) is 5.91 Å². The molecule has 0 fully saturated rings. The van der Waals surface area contributed by atoms with Gasteiger partial charge in [-0.2, -0.15) is 5.26 Å². The van der Waals surface area contributed by atoms with Crippen molar-refractivity contribution in [1.82, 2.24) is 0 Å². The molecule has 0 spiro atoms. The minimum absolute atomic E-state index is 0.102. The van der Waals surface area contributed by atoms with Gasteiger partial charge in [-0.3, -0.25) is 4.79 Å². The topological polar surface area (TPSA) is 71.4 Å². The summed E-state index contributed by atoms with van der Waals surface area (Å²) in [5, 5.41) is 12.2. The van der Waals surface area contributed by atoms with Gasteiger partial charge in [0, 0.05) is 11.3 Å². The summed E-state index contributed by atoms with van der Waals surface area (Å²) in [7, 11) is 0. The lowest BCUT2D eigenvalue weighted by Gasteiger charge is -2.17. The van der Waals surface area contributed by atoms with E-state index in [0.717, 1.165) is 11.1 Å². The van der Waals surface area contributed by atoms with Crippen molar-refractivity contribution in [3.63, 3.8) is 0 Å². The van der Waals surface area contributed by atoms with E-state index in [1.165, 1.54) is 35.9 Å². The number of carbonyl (C=O) groups excluding carboxylic acids is 1. The van der Waals surface area contributed by atoms with Crippen LogP contribution in [-0.2, 0) is 17.8 Å². The first kappa shape index (κ1) is 25.3. The van der Waals surface area contributed by atoms with Gasteiger partial charge in [-0.05, 0) is 73.9 Å². The number of anilines is 1. The van der Waals surface area contributed by atoms with Gasteiger partial charge < -0.3 is 14.8 Å². The van der Waals surface area contributed by atoms with E-state index in [9.17, 15) is 14.4 Å². The number of aryl methyl sites for hydroxylation is 1. The van der Waals surface area contributed by atoms with Gasteiger partial charge in [-0.1, -0.05) is 35.9 Å². The molecule has 3 aromatic rings. The Morgan fingerprint density at radius 1 is 1.11 bits per heavy atom. The van der Waals surface area contributed by atoms with E-state index in [2.05, 4.69) is 11.9 Å². The maximum Gasteiger partial charge on any atom is 0.266 e. The van der Waals surface area contributed by atoms with Crippen LogP contribution < -0.4 is 14.8 Å². The fourth-order valence-electron chi connectivity index (χ4n) is 3.39. The molecule has 3 aromatic carbocycles. The third-order valence-corrected chi connectivity index (χ3v) is 5.10. The quantitative estimate of drug-likeness (QED) is 0.212. The number of allylic oxidation sites excluding steroid dienone is 1. The number of nitrogens with one attached hydrogen (secondary N) is 1. The monoisotopic (exact) mass is 470 g/mol. The number of carbonyl (C=O) groups is 1. The van der Waals surface area contributed by atoms with Crippen molar-refractivity contribution in [2.24, 2.45) is 0 Å². The predicted molar refractivity (Wildman–Crippen MR) is 136 cm³/mol. The summed E-state index contributed by atoms with van der Waals surface area (Å²) in [6.45, 7) is 8.51. The fraction of sp³-hybridized carbons (Fsp3) is 0.172. The number of ether oxygens (including phenoxy) is 2. The lowest BCUT2D eigenvalue weighted by molar-refractivity contribution is -0.112. The van der Waals surface area contributed by atoms with Crippen LogP contribution in [0.1, 0.15) is 29.2 Å². The normalized spacial score (nSPS) is 10.9. The van der Waals surface area contributed by atoms with E-state index >= 15 is 0 Å². The van der Waals surface area contributed by atoms with Crippen molar-refractivity contribution in [2.75, 3.05) is 11.9 Å². The van der Waals surface area contributed by atoms with Crippen LogP contribution in [0.15, 0.2) is 78.9 Å². The average molecular weight is 471 g/mol. The second-order valence-corrected chi connectivity index (χ2v) is 7.84. The van der Waals surface area contributed by atoms with Gasteiger partial charge >= 0.3 is 0 Å². The molecule has 0 aliphatic heterocycles. The van der Waals surface area contributed by atoms with E-state index in [1.54, 1.807) is 12.1 Å². The highest BCUT2D eigenvalue weighted by atomic mass is 19.1. The lowest BCUT2D eigenvalue weighted by atomic mass is 10.0. The van der Waals surface area contributed by atoms with Gasteiger partial charge in [-0.15, -0.1) is 6.58 Å². The number of benzene rings is 3. The second kappa shape index (κ2) is 12.2. The van der Waals surface area contributed by atoms with Crippen LogP contribution in [0.2, 0.25) is 0 Å². The van der Waals surface area contributed by atoms with Crippen molar-refractivity contribution >= 4 is 17.7 Å². The maximum atomic E-state index is 13.1. The van der Waals surface area contributed by atoms with Crippen molar-refractivity contribution in [2.45, 2.75) is 26.9 Å². The van der Waals surface area contributed by atoms with E-state index in [4.69, 9.17) is 9.47 Å². The van der Waals surface area contributed by atoms with Gasteiger partial charge in [0.15, 0.2) is 11.5 Å². The molecule has 6 heteroatoms. The zero-order valence-electron chi connectivity index (χ0n) is 19.8. The van der Waals surface area contributed by atoms with Crippen LogP contribution in [0.5, 0.6) is 11.5 Å². The highest BCUT2D eigenvalue weighted by Gasteiger charge is 2.15. The Labute approximate surface area is 205 Å². The number of halogens is 1. The molecule has 0 saturated carbocycles. The highest BCUT2D eigenvalue weighted by molar-refractivity contribution is 6.09. The maximum absolute atomic E-state index is 13.1. The molecule has 0 aliphatic carbocycles. The van der Waals surface area contributed by atoms with Crippen LogP contribution in [0.4, 0.5) is 10.1 Å². The minimum Gasteiger partial charge on any atom is -0.490 e. The standard InChI is InChI=1S/C29H27FN2O3/c1-4-6-23-15-22(16-24(18-31)29(33)32-26-13-11-25(30)12-14-26)17-27(34-5-2)28(23)35-19-21-9-7-20(3)8-10-21/h4,7-17H,1,5-6,19H2,2-3H3,(H,32,33)/b24-16+. The van der Waals surface area contributed by atoms with Gasteiger partial charge in [0.05, 0.1) is 6.61 Å². The average Bonchev–Trinajstić information content (AvgIpc) is 2.85. The Bertz CT molecular complexity index is 1260. The van der Waals surface area contributed by atoms with Gasteiger partial charge in [0.1, 0.15) is 24.1 Å². The molecule has 0 radical (unpaired) electrons. The summed E-state index contributed by atoms with van der Waals surface area (Å²) in [5.74, 6) is 0.101. The molecule has 0 saturated heterocycles. The number of hydrogen-bond acceptors (Lipinski definition) is 4. The van der Waals surface area contributed by atoms with Gasteiger partial charge in [0.2, 0.25) is 0 Å². The molecule has 178 valence electrons. The molecular weight excluding hydrogens is 443 g/mol. The molecule has 0 aromatic heterocycles. The molecular formula is C29H27FN2O3. The Kier molecular flexibility index (Phi) is 8.80.